The van der Waals surface area contributed by atoms with Crippen LogP contribution in [0.3, 0.4) is 0 Å². The Morgan fingerprint density at radius 2 is 2.00 bits per heavy atom. The SMILES string of the molecule is Cc1cc(N2CCCS2(=O)=O)ccc1C(=O)N1CCC(N)C(C)(C)C1. The molecular formula is C18H27N3O3S. The smallest absolute Gasteiger partial charge is 0.254 e. The van der Waals surface area contributed by atoms with Gasteiger partial charge in [0, 0.05) is 31.2 Å². The number of amides is 1. The molecule has 2 fully saturated rings. The molecule has 1 amide bonds. The Bertz CT molecular complexity index is 789. The highest BCUT2D eigenvalue weighted by Crippen LogP contribution is 2.30. The molecule has 25 heavy (non-hydrogen) atoms. The lowest BCUT2D eigenvalue weighted by Gasteiger charge is -2.42. The van der Waals surface area contributed by atoms with Crippen molar-refractivity contribution in [3.8, 4) is 0 Å². The predicted molar refractivity (Wildman–Crippen MR) is 99.2 cm³/mol. The lowest BCUT2D eigenvalue weighted by atomic mass is 9.79. The zero-order chi connectivity index (χ0) is 18.4. The highest BCUT2D eigenvalue weighted by atomic mass is 32.2. The summed E-state index contributed by atoms with van der Waals surface area (Å²) in [6, 6.07) is 5.39. The van der Waals surface area contributed by atoms with E-state index in [1.165, 1.54) is 4.31 Å². The summed E-state index contributed by atoms with van der Waals surface area (Å²) in [6.07, 6.45) is 1.44. The van der Waals surface area contributed by atoms with Gasteiger partial charge in [-0.3, -0.25) is 9.10 Å². The van der Waals surface area contributed by atoms with Gasteiger partial charge in [-0.2, -0.15) is 0 Å². The van der Waals surface area contributed by atoms with Crippen molar-refractivity contribution in [3.63, 3.8) is 0 Å². The second-order valence-electron chi connectivity index (χ2n) is 7.85. The summed E-state index contributed by atoms with van der Waals surface area (Å²) >= 11 is 0. The molecule has 1 aromatic rings. The summed E-state index contributed by atoms with van der Waals surface area (Å²) in [7, 11) is -3.21. The van der Waals surface area contributed by atoms with Crippen molar-refractivity contribution >= 4 is 21.6 Å². The monoisotopic (exact) mass is 365 g/mol. The van der Waals surface area contributed by atoms with Crippen LogP contribution in [0, 0.1) is 12.3 Å². The standard InChI is InChI=1S/C18H27N3O3S/c1-13-11-14(21-8-4-10-25(21,23)24)5-6-15(13)17(22)20-9-7-16(19)18(2,3)12-20/h5-6,11,16H,4,7-10,12,19H2,1-3H3. The average molecular weight is 365 g/mol. The van der Waals surface area contributed by atoms with Crippen LogP contribution in [0.2, 0.25) is 0 Å². The van der Waals surface area contributed by atoms with Gasteiger partial charge in [-0.25, -0.2) is 8.42 Å². The number of nitrogens with two attached hydrogens (primary N) is 1. The van der Waals surface area contributed by atoms with E-state index in [1.807, 2.05) is 11.8 Å². The number of hydrogen-bond acceptors (Lipinski definition) is 4. The maximum atomic E-state index is 12.9. The predicted octanol–water partition coefficient (Wildman–Crippen LogP) is 1.73. The second kappa shape index (κ2) is 6.29. The third-order valence-electron chi connectivity index (χ3n) is 5.43. The molecular weight excluding hydrogens is 338 g/mol. The van der Waals surface area contributed by atoms with Crippen molar-refractivity contribution < 1.29 is 13.2 Å². The molecule has 2 aliphatic rings. The van der Waals surface area contributed by atoms with Gasteiger partial charge in [-0.15, -0.1) is 0 Å². The molecule has 0 bridgehead atoms. The number of sulfonamides is 1. The number of carbonyl (C=O) groups excluding carboxylic acids is 1. The molecule has 0 aliphatic carbocycles. The zero-order valence-electron chi connectivity index (χ0n) is 15.2. The number of benzene rings is 1. The number of nitrogens with zero attached hydrogens (tertiary/aromatic N) is 2. The van der Waals surface area contributed by atoms with Gasteiger partial charge in [-0.1, -0.05) is 13.8 Å². The van der Waals surface area contributed by atoms with Crippen LogP contribution in [0.5, 0.6) is 0 Å². The Morgan fingerprint density at radius 1 is 1.28 bits per heavy atom. The minimum absolute atomic E-state index is 0.00620. The first-order valence-corrected chi connectivity index (χ1v) is 10.4. The van der Waals surface area contributed by atoms with Crippen molar-refractivity contribution in [1.82, 2.24) is 4.90 Å². The molecule has 2 aliphatic heterocycles. The van der Waals surface area contributed by atoms with E-state index in [2.05, 4.69) is 13.8 Å². The van der Waals surface area contributed by atoms with E-state index < -0.39 is 10.0 Å². The molecule has 138 valence electrons. The molecule has 7 heteroatoms. The highest BCUT2D eigenvalue weighted by Gasteiger charge is 2.36. The van der Waals surface area contributed by atoms with E-state index in [0.717, 1.165) is 12.0 Å². The molecule has 0 radical (unpaired) electrons. The minimum Gasteiger partial charge on any atom is -0.338 e. The van der Waals surface area contributed by atoms with Crippen molar-refractivity contribution in [2.45, 2.75) is 39.7 Å². The van der Waals surface area contributed by atoms with Crippen LogP contribution in [0.15, 0.2) is 18.2 Å². The van der Waals surface area contributed by atoms with Crippen molar-refractivity contribution in [1.29, 1.82) is 0 Å². The Labute approximate surface area is 150 Å². The van der Waals surface area contributed by atoms with Crippen LogP contribution in [0.4, 0.5) is 5.69 Å². The number of anilines is 1. The molecule has 3 rings (SSSR count). The van der Waals surface area contributed by atoms with E-state index in [9.17, 15) is 13.2 Å². The summed E-state index contributed by atoms with van der Waals surface area (Å²) in [5.74, 6) is 0.184. The van der Waals surface area contributed by atoms with E-state index in [1.54, 1.807) is 18.2 Å². The molecule has 6 nitrogen and oxygen atoms in total. The van der Waals surface area contributed by atoms with Crippen LogP contribution in [0.25, 0.3) is 0 Å². The van der Waals surface area contributed by atoms with E-state index in [-0.39, 0.29) is 23.1 Å². The lowest BCUT2D eigenvalue weighted by Crippen LogP contribution is -2.54. The van der Waals surface area contributed by atoms with Gasteiger partial charge in [0.15, 0.2) is 0 Å². The fourth-order valence-electron chi connectivity index (χ4n) is 3.69. The van der Waals surface area contributed by atoms with Crippen molar-refractivity contribution in [3.05, 3.63) is 29.3 Å². The Morgan fingerprint density at radius 3 is 2.56 bits per heavy atom. The summed E-state index contributed by atoms with van der Waals surface area (Å²) in [6.45, 7) is 7.84. The molecule has 0 saturated carbocycles. The van der Waals surface area contributed by atoms with Crippen LogP contribution in [0.1, 0.15) is 42.6 Å². The quantitative estimate of drug-likeness (QED) is 0.865. The van der Waals surface area contributed by atoms with Crippen LogP contribution < -0.4 is 10.0 Å². The number of piperidine rings is 1. The van der Waals surface area contributed by atoms with Gasteiger partial charge in [0.1, 0.15) is 0 Å². The third-order valence-corrected chi connectivity index (χ3v) is 7.30. The van der Waals surface area contributed by atoms with Gasteiger partial charge in [0.05, 0.1) is 11.4 Å². The van der Waals surface area contributed by atoms with Gasteiger partial charge >= 0.3 is 0 Å². The fourth-order valence-corrected chi connectivity index (χ4v) is 5.25. The first kappa shape index (κ1) is 18.2. The highest BCUT2D eigenvalue weighted by molar-refractivity contribution is 7.93. The van der Waals surface area contributed by atoms with Crippen LogP contribution in [-0.2, 0) is 10.0 Å². The maximum Gasteiger partial charge on any atom is 0.254 e. The first-order chi connectivity index (χ1) is 11.6. The summed E-state index contributed by atoms with van der Waals surface area (Å²) < 4.78 is 25.6. The summed E-state index contributed by atoms with van der Waals surface area (Å²) in [4.78, 5) is 14.8. The molecule has 0 spiro atoms. The normalized spacial score (nSPS) is 25.2. The van der Waals surface area contributed by atoms with E-state index in [4.69, 9.17) is 5.73 Å². The van der Waals surface area contributed by atoms with Crippen LogP contribution >= 0.6 is 0 Å². The molecule has 2 N–H and O–H groups in total. The van der Waals surface area contributed by atoms with Crippen molar-refractivity contribution in [2.75, 3.05) is 29.7 Å². The van der Waals surface area contributed by atoms with E-state index >= 15 is 0 Å². The molecule has 2 saturated heterocycles. The second-order valence-corrected chi connectivity index (χ2v) is 9.86. The van der Waals surface area contributed by atoms with Gasteiger partial charge in [-0.05, 0) is 48.9 Å². The summed E-state index contributed by atoms with van der Waals surface area (Å²) in [5.41, 5.74) is 8.13. The Hall–Kier alpha value is -1.60. The number of likely N-dealkylation sites (tertiary alicyclic amines) is 1. The third kappa shape index (κ3) is 3.40. The molecule has 2 heterocycles. The maximum absolute atomic E-state index is 12.9. The number of rotatable bonds is 2. The largest absolute Gasteiger partial charge is 0.338 e. The molecule has 1 atom stereocenters. The fraction of sp³-hybridized carbons (Fsp3) is 0.611. The first-order valence-electron chi connectivity index (χ1n) is 8.78. The zero-order valence-corrected chi connectivity index (χ0v) is 16.0. The molecule has 1 unspecified atom stereocenters. The number of carbonyl (C=O) groups is 1. The minimum atomic E-state index is -3.21. The van der Waals surface area contributed by atoms with Crippen molar-refractivity contribution in [2.24, 2.45) is 11.1 Å². The van der Waals surface area contributed by atoms with Gasteiger partial charge in [0.2, 0.25) is 10.0 Å². The van der Waals surface area contributed by atoms with E-state index in [0.29, 0.717) is 37.3 Å². The van der Waals surface area contributed by atoms with Gasteiger partial charge in [0.25, 0.3) is 5.91 Å². The molecule has 0 aromatic heterocycles. The Balaban J connectivity index is 1.83. The topological polar surface area (TPSA) is 83.7 Å². The summed E-state index contributed by atoms with van der Waals surface area (Å²) in [5, 5.41) is 0. The Kier molecular flexibility index (Phi) is 4.58. The molecule has 1 aromatic carbocycles. The average Bonchev–Trinajstić information content (AvgIpc) is 2.88. The van der Waals surface area contributed by atoms with Crippen LogP contribution in [-0.4, -0.2) is 50.7 Å². The number of hydrogen-bond donors (Lipinski definition) is 1. The lowest BCUT2D eigenvalue weighted by molar-refractivity contribution is 0.0532. The number of aryl methyl sites for hydroxylation is 1. The van der Waals surface area contributed by atoms with Gasteiger partial charge < -0.3 is 10.6 Å².